The minimum atomic E-state index is -0.100. The largest absolute Gasteiger partial charge is 0.313 e. The fourth-order valence-corrected chi connectivity index (χ4v) is 2.76. The summed E-state index contributed by atoms with van der Waals surface area (Å²) in [5.74, 6) is 0. The van der Waals surface area contributed by atoms with Crippen molar-refractivity contribution in [3.63, 3.8) is 0 Å². The zero-order valence-corrected chi connectivity index (χ0v) is 11.7. The van der Waals surface area contributed by atoms with Gasteiger partial charge in [-0.05, 0) is 25.8 Å². The predicted octanol–water partition coefficient (Wildman–Crippen LogP) is 1.70. The van der Waals surface area contributed by atoms with E-state index >= 15 is 0 Å². The first-order valence-electron chi connectivity index (χ1n) is 5.93. The molecule has 88 valence electrons. The summed E-state index contributed by atoms with van der Waals surface area (Å²) in [6.45, 7) is 5.40. The molecule has 0 radical (unpaired) electrons. The van der Waals surface area contributed by atoms with Crippen LogP contribution in [-0.4, -0.2) is 41.0 Å². The molecule has 2 aliphatic rings. The summed E-state index contributed by atoms with van der Waals surface area (Å²) >= 11 is 2.32. The zero-order chi connectivity index (χ0) is 11.4. The minimum absolute atomic E-state index is 0.100. The van der Waals surface area contributed by atoms with E-state index in [1.54, 1.807) is 5.57 Å². The van der Waals surface area contributed by atoms with Crippen LogP contribution in [0.4, 0.5) is 0 Å². The van der Waals surface area contributed by atoms with E-state index in [-0.39, 0.29) is 3.42 Å². The predicted molar refractivity (Wildman–Crippen MR) is 73.6 cm³/mol. The second-order valence-corrected chi connectivity index (χ2v) is 6.73. The van der Waals surface area contributed by atoms with Gasteiger partial charge in [-0.1, -0.05) is 34.2 Å². The number of alkyl halides is 1. The highest BCUT2D eigenvalue weighted by atomic mass is 127. The molecule has 0 saturated carbocycles. The first-order valence-corrected chi connectivity index (χ1v) is 7.01. The van der Waals surface area contributed by atoms with Crippen molar-refractivity contribution in [1.82, 2.24) is 10.2 Å². The third-order valence-corrected chi connectivity index (χ3v) is 4.75. The molecule has 2 heterocycles. The molecule has 0 unspecified atom stereocenters. The van der Waals surface area contributed by atoms with Crippen molar-refractivity contribution in [3.05, 3.63) is 11.6 Å². The molecule has 0 aromatic carbocycles. The third kappa shape index (κ3) is 3.19. The Labute approximate surface area is 111 Å². The number of nitrogens with zero attached hydrogens (tertiary/aromatic N) is 2. The number of piperidine rings is 1. The van der Waals surface area contributed by atoms with E-state index in [9.17, 15) is 0 Å². The summed E-state index contributed by atoms with van der Waals surface area (Å²) in [7, 11) is 0. The Balaban J connectivity index is 1.81. The number of nitrogens with one attached hydrogen (secondary N) is 1. The Hall–Kier alpha value is -0.120. The normalized spacial score (nSPS) is 25.9. The standard InChI is InChI=1S/C12H18IN3/c13-12(10-14)3-7-16(8-4-12)9-11-1-5-15-6-2-11/h1,15H,2-9H2. The van der Waals surface area contributed by atoms with Crippen LogP contribution in [-0.2, 0) is 0 Å². The van der Waals surface area contributed by atoms with Crippen LogP contribution in [0.5, 0.6) is 0 Å². The second-order valence-electron chi connectivity index (χ2n) is 4.67. The summed E-state index contributed by atoms with van der Waals surface area (Å²) < 4.78 is -0.100. The van der Waals surface area contributed by atoms with E-state index in [2.05, 4.69) is 45.0 Å². The quantitative estimate of drug-likeness (QED) is 0.476. The Morgan fingerprint density at radius 2 is 2.25 bits per heavy atom. The number of hydrogen-bond acceptors (Lipinski definition) is 3. The molecular formula is C12H18IN3. The van der Waals surface area contributed by atoms with Gasteiger partial charge in [0.25, 0.3) is 0 Å². The highest BCUT2D eigenvalue weighted by Crippen LogP contribution is 2.31. The van der Waals surface area contributed by atoms with E-state index in [0.717, 1.165) is 45.6 Å². The number of likely N-dealkylation sites (tertiary alicyclic amines) is 1. The molecule has 0 atom stereocenters. The average Bonchev–Trinajstić information content (AvgIpc) is 2.34. The number of halogens is 1. The van der Waals surface area contributed by atoms with Gasteiger partial charge in [-0.2, -0.15) is 5.26 Å². The lowest BCUT2D eigenvalue weighted by Gasteiger charge is -2.34. The summed E-state index contributed by atoms with van der Waals surface area (Å²) in [6, 6.07) is 2.44. The molecule has 0 amide bonds. The molecule has 1 saturated heterocycles. The van der Waals surface area contributed by atoms with Crippen LogP contribution in [0.25, 0.3) is 0 Å². The molecule has 3 nitrogen and oxygen atoms in total. The fourth-order valence-electron chi connectivity index (χ4n) is 2.28. The van der Waals surface area contributed by atoms with Gasteiger partial charge < -0.3 is 5.32 Å². The maximum absolute atomic E-state index is 9.06. The SMILES string of the molecule is N#CC1(I)CCN(CC2=CCNCC2)CC1. The van der Waals surface area contributed by atoms with Crippen molar-refractivity contribution in [1.29, 1.82) is 5.26 Å². The number of nitriles is 1. The maximum Gasteiger partial charge on any atom is 0.111 e. The van der Waals surface area contributed by atoms with E-state index in [0.29, 0.717) is 0 Å². The topological polar surface area (TPSA) is 39.1 Å². The van der Waals surface area contributed by atoms with Crippen LogP contribution in [0, 0.1) is 11.3 Å². The van der Waals surface area contributed by atoms with E-state index < -0.39 is 0 Å². The molecule has 2 aliphatic heterocycles. The van der Waals surface area contributed by atoms with E-state index in [1.165, 1.54) is 6.42 Å². The van der Waals surface area contributed by atoms with Crippen molar-refractivity contribution >= 4 is 22.6 Å². The van der Waals surface area contributed by atoms with Gasteiger partial charge in [0.15, 0.2) is 0 Å². The van der Waals surface area contributed by atoms with E-state index in [4.69, 9.17) is 5.26 Å². The molecule has 16 heavy (non-hydrogen) atoms. The van der Waals surface area contributed by atoms with Gasteiger partial charge >= 0.3 is 0 Å². The summed E-state index contributed by atoms with van der Waals surface area (Å²) in [5.41, 5.74) is 1.57. The van der Waals surface area contributed by atoms with Crippen LogP contribution in [0.3, 0.4) is 0 Å². The van der Waals surface area contributed by atoms with Crippen LogP contribution in [0.1, 0.15) is 19.3 Å². The molecule has 2 rings (SSSR count). The van der Waals surface area contributed by atoms with Crippen LogP contribution >= 0.6 is 22.6 Å². The summed E-state index contributed by atoms with van der Waals surface area (Å²) in [5, 5.41) is 12.4. The Bertz CT molecular complexity index is 311. The van der Waals surface area contributed by atoms with Crippen LogP contribution in [0.2, 0.25) is 0 Å². The number of hydrogen-bond donors (Lipinski definition) is 1. The zero-order valence-electron chi connectivity index (χ0n) is 9.51. The van der Waals surface area contributed by atoms with Crippen molar-refractivity contribution in [2.75, 3.05) is 32.7 Å². The lowest BCUT2D eigenvalue weighted by molar-refractivity contribution is 0.236. The Morgan fingerprint density at radius 1 is 1.50 bits per heavy atom. The molecule has 0 spiro atoms. The van der Waals surface area contributed by atoms with Gasteiger partial charge in [0.1, 0.15) is 3.42 Å². The van der Waals surface area contributed by atoms with Crippen LogP contribution in [0.15, 0.2) is 11.6 Å². The van der Waals surface area contributed by atoms with Crippen molar-refractivity contribution in [3.8, 4) is 6.07 Å². The van der Waals surface area contributed by atoms with Crippen molar-refractivity contribution in [2.45, 2.75) is 22.7 Å². The molecule has 0 aromatic heterocycles. The van der Waals surface area contributed by atoms with Gasteiger partial charge in [-0.15, -0.1) is 0 Å². The first kappa shape index (κ1) is 12.3. The van der Waals surface area contributed by atoms with Gasteiger partial charge in [0.05, 0.1) is 6.07 Å². The van der Waals surface area contributed by atoms with E-state index in [1.807, 2.05) is 0 Å². The molecular weight excluding hydrogens is 313 g/mol. The van der Waals surface area contributed by atoms with Crippen LogP contribution < -0.4 is 5.32 Å². The van der Waals surface area contributed by atoms with Gasteiger partial charge in [-0.25, -0.2) is 0 Å². The van der Waals surface area contributed by atoms with Crippen molar-refractivity contribution in [2.24, 2.45) is 0 Å². The molecule has 4 heteroatoms. The lowest BCUT2D eigenvalue weighted by Crippen LogP contribution is -2.41. The Morgan fingerprint density at radius 3 is 2.81 bits per heavy atom. The third-order valence-electron chi connectivity index (χ3n) is 3.43. The molecule has 1 fully saturated rings. The highest BCUT2D eigenvalue weighted by Gasteiger charge is 2.31. The van der Waals surface area contributed by atoms with Gasteiger partial charge in [0.2, 0.25) is 0 Å². The Kier molecular flexibility index (Phi) is 4.22. The fraction of sp³-hybridized carbons (Fsp3) is 0.750. The summed E-state index contributed by atoms with van der Waals surface area (Å²) in [6.07, 6.45) is 5.52. The van der Waals surface area contributed by atoms with Gasteiger partial charge in [-0.3, -0.25) is 4.90 Å². The second kappa shape index (κ2) is 5.48. The van der Waals surface area contributed by atoms with Crippen molar-refractivity contribution < 1.29 is 0 Å². The highest BCUT2D eigenvalue weighted by molar-refractivity contribution is 14.1. The molecule has 0 aliphatic carbocycles. The van der Waals surface area contributed by atoms with Gasteiger partial charge in [0, 0.05) is 26.2 Å². The smallest absolute Gasteiger partial charge is 0.111 e. The lowest BCUT2D eigenvalue weighted by atomic mass is 9.97. The minimum Gasteiger partial charge on any atom is -0.313 e. The molecule has 0 bridgehead atoms. The average molecular weight is 331 g/mol. The molecule has 0 aromatic rings. The monoisotopic (exact) mass is 331 g/mol. The number of rotatable bonds is 2. The first-order chi connectivity index (χ1) is 7.72. The maximum atomic E-state index is 9.06. The summed E-state index contributed by atoms with van der Waals surface area (Å²) in [4.78, 5) is 2.49. The molecule has 1 N–H and O–H groups in total.